The lowest BCUT2D eigenvalue weighted by molar-refractivity contribution is -0.139. The second-order valence-corrected chi connectivity index (χ2v) is 5.51. The van der Waals surface area contributed by atoms with E-state index < -0.39 is 11.5 Å². The SMILES string of the molecule is CSc1ncccc1C(=O)NC1(CC(=O)O)CCC1. The fraction of sp³-hybridized carbons (Fsp3) is 0.462. The van der Waals surface area contributed by atoms with Gasteiger partial charge in [-0.2, -0.15) is 0 Å². The van der Waals surface area contributed by atoms with Crippen molar-refractivity contribution >= 4 is 23.6 Å². The molecule has 0 aliphatic heterocycles. The van der Waals surface area contributed by atoms with Crippen molar-refractivity contribution in [3.8, 4) is 0 Å². The number of carboxylic acids is 1. The van der Waals surface area contributed by atoms with Crippen LogP contribution < -0.4 is 5.32 Å². The number of nitrogens with one attached hydrogen (secondary N) is 1. The van der Waals surface area contributed by atoms with Crippen molar-refractivity contribution in [3.63, 3.8) is 0 Å². The molecule has 0 spiro atoms. The first kappa shape index (κ1) is 13.9. The normalized spacial score (nSPS) is 16.5. The van der Waals surface area contributed by atoms with Gasteiger partial charge in [-0.05, 0) is 37.7 Å². The number of carbonyl (C=O) groups is 2. The fourth-order valence-electron chi connectivity index (χ4n) is 2.27. The van der Waals surface area contributed by atoms with E-state index in [1.807, 2.05) is 6.26 Å². The van der Waals surface area contributed by atoms with Gasteiger partial charge in [0.15, 0.2) is 0 Å². The number of carboxylic acid groups (broad SMARTS) is 1. The van der Waals surface area contributed by atoms with Gasteiger partial charge in [0.1, 0.15) is 5.03 Å². The van der Waals surface area contributed by atoms with Gasteiger partial charge in [-0.15, -0.1) is 11.8 Å². The van der Waals surface area contributed by atoms with Gasteiger partial charge in [-0.1, -0.05) is 0 Å². The molecule has 0 bridgehead atoms. The van der Waals surface area contributed by atoms with Gasteiger partial charge in [0.25, 0.3) is 5.91 Å². The van der Waals surface area contributed by atoms with Crippen LogP contribution in [0.3, 0.4) is 0 Å². The van der Waals surface area contributed by atoms with Crippen molar-refractivity contribution in [2.45, 2.75) is 36.2 Å². The lowest BCUT2D eigenvalue weighted by Crippen LogP contribution is -2.54. The molecule has 0 aromatic carbocycles. The number of hydrogen-bond acceptors (Lipinski definition) is 4. The molecule has 1 fully saturated rings. The van der Waals surface area contributed by atoms with Crippen LogP contribution in [0.5, 0.6) is 0 Å². The van der Waals surface area contributed by atoms with Gasteiger partial charge < -0.3 is 10.4 Å². The van der Waals surface area contributed by atoms with Crippen LogP contribution in [0.1, 0.15) is 36.0 Å². The summed E-state index contributed by atoms with van der Waals surface area (Å²) in [5.74, 6) is -1.12. The van der Waals surface area contributed by atoms with Gasteiger partial charge in [0.05, 0.1) is 17.5 Å². The van der Waals surface area contributed by atoms with E-state index in [4.69, 9.17) is 5.11 Å². The van der Waals surface area contributed by atoms with Gasteiger partial charge in [0.2, 0.25) is 0 Å². The maximum Gasteiger partial charge on any atom is 0.305 e. The van der Waals surface area contributed by atoms with Crippen molar-refractivity contribution in [3.05, 3.63) is 23.9 Å². The quantitative estimate of drug-likeness (QED) is 0.806. The number of pyridine rings is 1. The number of hydrogen-bond donors (Lipinski definition) is 2. The Kier molecular flexibility index (Phi) is 4.09. The molecule has 1 aliphatic rings. The highest BCUT2D eigenvalue weighted by atomic mass is 32.2. The van der Waals surface area contributed by atoms with E-state index >= 15 is 0 Å². The summed E-state index contributed by atoms with van der Waals surface area (Å²) >= 11 is 1.40. The Morgan fingerprint density at radius 1 is 1.53 bits per heavy atom. The lowest BCUT2D eigenvalue weighted by Gasteiger charge is -2.41. The number of aliphatic carboxylic acids is 1. The van der Waals surface area contributed by atoms with E-state index in [0.29, 0.717) is 10.6 Å². The van der Waals surface area contributed by atoms with Crippen LogP contribution in [0.2, 0.25) is 0 Å². The summed E-state index contributed by atoms with van der Waals surface area (Å²) in [6, 6.07) is 3.42. The molecule has 0 atom stereocenters. The number of thioether (sulfide) groups is 1. The van der Waals surface area contributed by atoms with E-state index in [2.05, 4.69) is 10.3 Å². The molecule has 1 aromatic rings. The number of carbonyl (C=O) groups excluding carboxylic acids is 1. The molecule has 6 heteroatoms. The summed E-state index contributed by atoms with van der Waals surface area (Å²) in [5, 5.41) is 12.5. The van der Waals surface area contributed by atoms with Gasteiger partial charge >= 0.3 is 5.97 Å². The van der Waals surface area contributed by atoms with Crippen molar-refractivity contribution < 1.29 is 14.7 Å². The Morgan fingerprint density at radius 3 is 2.79 bits per heavy atom. The number of rotatable bonds is 5. The van der Waals surface area contributed by atoms with Crippen LogP contribution in [0.15, 0.2) is 23.4 Å². The minimum absolute atomic E-state index is 0.0202. The first-order valence-electron chi connectivity index (χ1n) is 6.10. The standard InChI is InChI=1S/C13H16N2O3S/c1-19-12-9(4-2-7-14-12)11(18)15-13(5-3-6-13)8-10(16)17/h2,4,7H,3,5-6,8H2,1H3,(H,15,18)(H,16,17). The molecule has 1 saturated carbocycles. The van der Waals surface area contributed by atoms with E-state index in [9.17, 15) is 9.59 Å². The molecule has 2 rings (SSSR count). The van der Waals surface area contributed by atoms with Crippen LogP contribution in [-0.2, 0) is 4.79 Å². The molecule has 0 saturated heterocycles. The van der Waals surface area contributed by atoms with E-state index in [0.717, 1.165) is 19.3 Å². The third-order valence-corrected chi connectivity index (χ3v) is 4.10. The molecular formula is C13H16N2O3S. The molecular weight excluding hydrogens is 264 g/mol. The van der Waals surface area contributed by atoms with Crippen molar-refractivity contribution in [1.29, 1.82) is 0 Å². The summed E-state index contributed by atoms with van der Waals surface area (Å²) in [7, 11) is 0. The molecule has 1 aliphatic carbocycles. The van der Waals surface area contributed by atoms with Crippen LogP contribution in [0, 0.1) is 0 Å². The van der Waals surface area contributed by atoms with Crippen molar-refractivity contribution in [2.75, 3.05) is 6.26 Å². The zero-order chi connectivity index (χ0) is 13.9. The zero-order valence-corrected chi connectivity index (χ0v) is 11.5. The topological polar surface area (TPSA) is 79.3 Å². The number of aromatic nitrogens is 1. The molecule has 5 nitrogen and oxygen atoms in total. The maximum atomic E-state index is 12.3. The summed E-state index contributed by atoms with van der Waals surface area (Å²) in [5.41, 5.74) is -0.0688. The summed E-state index contributed by atoms with van der Waals surface area (Å²) < 4.78 is 0. The second kappa shape index (κ2) is 5.61. The third-order valence-electron chi connectivity index (χ3n) is 3.39. The van der Waals surface area contributed by atoms with Crippen LogP contribution in [-0.4, -0.2) is 33.8 Å². The summed E-state index contributed by atoms with van der Waals surface area (Å²) in [6.45, 7) is 0. The van der Waals surface area contributed by atoms with E-state index in [1.54, 1.807) is 18.3 Å². The Bertz CT molecular complexity index is 500. The predicted molar refractivity (Wildman–Crippen MR) is 72.3 cm³/mol. The first-order chi connectivity index (χ1) is 9.06. The van der Waals surface area contributed by atoms with Crippen LogP contribution in [0.25, 0.3) is 0 Å². The van der Waals surface area contributed by atoms with Crippen molar-refractivity contribution in [1.82, 2.24) is 10.3 Å². The number of amides is 1. The highest BCUT2D eigenvalue weighted by Gasteiger charge is 2.40. The molecule has 102 valence electrons. The fourth-order valence-corrected chi connectivity index (χ4v) is 2.82. The zero-order valence-electron chi connectivity index (χ0n) is 10.7. The van der Waals surface area contributed by atoms with Crippen LogP contribution >= 0.6 is 11.8 Å². The molecule has 1 amide bonds. The average Bonchev–Trinajstić information content (AvgIpc) is 2.35. The largest absolute Gasteiger partial charge is 0.481 e. The van der Waals surface area contributed by atoms with Gasteiger partial charge in [-0.25, -0.2) is 4.98 Å². The monoisotopic (exact) mass is 280 g/mol. The van der Waals surface area contributed by atoms with Crippen LogP contribution in [0.4, 0.5) is 0 Å². The Labute approximate surface area is 115 Å². The predicted octanol–water partition coefficient (Wildman–Crippen LogP) is 1.93. The molecule has 1 heterocycles. The molecule has 1 aromatic heterocycles. The maximum absolute atomic E-state index is 12.3. The summed E-state index contributed by atoms with van der Waals surface area (Å²) in [4.78, 5) is 27.3. The minimum Gasteiger partial charge on any atom is -0.481 e. The number of nitrogens with zero attached hydrogens (tertiary/aromatic N) is 1. The first-order valence-corrected chi connectivity index (χ1v) is 7.32. The third kappa shape index (κ3) is 3.07. The minimum atomic E-state index is -0.878. The Hall–Kier alpha value is -1.56. The Morgan fingerprint density at radius 2 is 2.26 bits per heavy atom. The summed E-state index contributed by atoms with van der Waals surface area (Å²) in [6.07, 6.45) is 5.87. The Balaban J connectivity index is 2.14. The second-order valence-electron chi connectivity index (χ2n) is 4.72. The lowest BCUT2D eigenvalue weighted by atomic mass is 9.74. The molecule has 0 radical (unpaired) electrons. The molecule has 0 unspecified atom stereocenters. The van der Waals surface area contributed by atoms with Gasteiger partial charge in [-0.3, -0.25) is 9.59 Å². The van der Waals surface area contributed by atoms with E-state index in [1.165, 1.54) is 11.8 Å². The van der Waals surface area contributed by atoms with Crippen molar-refractivity contribution in [2.24, 2.45) is 0 Å². The highest BCUT2D eigenvalue weighted by molar-refractivity contribution is 7.98. The smallest absolute Gasteiger partial charge is 0.305 e. The molecule has 19 heavy (non-hydrogen) atoms. The average molecular weight is 280 g/mol. The van der Waals surface area contributed by atoms with E-state index in [-0.39, 0.29) is 12.3 Å². The molecule has 2 N–H and O–H groups in total. The van der Waals surface area contributed by atoms with Gasteiger partial charge in [0, 0.05) is 6.20 Å². The highest BCUT2D eigenvalue weighted by Crippen LogP contribution is 2.35.